The lowest BCUT2D eigenvalue weighted by Gasteiger charge is -2.41. The summed E-state index contributed by atoms with van der Waals surface area (Å²) >= 11 is 0. The van der Waals surface area contributed by atoms with Gasteiger partial charge in [-0.05, 0) is 20.8 Å². The Morgan fingerprint density at radius 3 is 2.08 bits per heavy atom. The van der Waals surface area contributed by atoms with E-state index in [4.69, 9.17) is 0 Å². The molecule has 0 amide bonds. The van der Waals surface area contributed by atoms with Gasteiger partial charge in [0.15, 0.2) is 0 Å². The molecule has 1 saturated heterocycles. The molecule has 0 N–H and O–H groups in total. The Labute approximate surface area is 80.7 Å². The van der Waals surface area contributed by atoms with Gasteiger partial charge in [-0.15, -0.1) is 0 Å². The van der Waals surface area contributed by atoms with Gasteiger partial charge in [-0.3, -0.25) is 9.80 Å². The molecule has 0 aliphatic carbocycles. The highest BCUT2D eigenvalue weighted by atomic mass is 16.1. The van der Waals surface area contributed by atoms with Gasteiger partial charge < -0.3 is 4.79 Å². The first-order valence-corrected chi connectivity index (χ1v) is 4.95. The van der Waals surface area contributed by atoms with Crippen molar-refractivity contribution >= 4 is 6.29 Å². The van der Waals surface area contributed by atoms with Crippen molar-refractivity contribution in [2.75, 3.05) is 32.7 Å². The topological polar surface area (TPSA) is 23.6 Å². The Hall–Kier alpha value is -0.410. The third-order valence-electron chi connectivity index (χ3n) is 2.65. The van der Waals surface area contributed by atoms with Gasteiger partial charge in [-0.1, -0.05) is 0 Å². The Morgan fingerprint density at radius 1 is 1.15 bits per heavy atom. The van der Waals surface area contributed by atoms with Crippen LogP contribution in [0.3, 0.4) is 0 Å². The fraction of sp³-hybridized carbons (Fsp3) is 0.900. The zero-order valence-corrected chi connectivity index (χ0v) is 8.92. The van der Waals surface area contributed by atoms with Crippen molar-refractivity contribution in [3.8, 4) is 0 Å². The maximum absolute atomic E-state index is 10.3. The van der Waals surface area contributed by atoms with E-state index in [-0.39, 0.29) is 5.54 Å². The number of piperazine rings is 1. The Morgan fingerprint density at radius 2 is 1.69 bits per heavy atom. The molecule has 0 saturated carbocycles. The Balaban J connectivity index is 2.34. The summed E-state index contributed by atoms with van der Waals surface area (Å²) in [5, 5.41) is 0. The van der Waals surface area contributed by atoms with Gasteiger partial charge >= 0.3 is 0 Å². The minimum atomic E-state index is 0.271. The summed E-state index contributed by atoms with van der Waals surface area (Å²) in [5.41, 5.74) is 0.271. The molecule has 0 spiro atoms. The van der Waals surface area contributed by atoms with Gasteiger partial charge in [-0.2, -0.15) is 0 Å². The maximum atomic E-state index is 10.3. The van der Waals surface area contributed by atoms with E-state index in [0.717, 1.165) is 32.5 Å². The SMILES string of the molecule is CC(C)(C)N1CCN(CC=O)CC1. The van der Waals surface area contributed by atoms with Crippen LogP contribution in [0.25, 0.3) is 0 Å². The molecule has 0 aromatic rings. The number of hydrogen-bond donors (Lipinski definition) is 0. The van der Waals surface area contributed by atoms with Crippen LogP contribution in [0, 0.1) is 0 Å². The third kappa shape index (κ3) is 3.08. The maximum Gasteiger partial charge on any atom is 0.133 e. The minimum Gasteiger partial charge on any atom is -0.302 e. The van der Waals surface area contributed by atoms with E-state index < -0.39 is 0 Å². The van der Waals surface area contributed by atoms with Crippen LogP contribution in [0.2, 0.25) is 0 Å². The van der Waals surface area contributed by atoms with Crippen molar-refractivity contribution in [3.63, 3.8) is 0 Å². The zero-order valence-electron chi connectivity index (χ0n) is 8.92. The highest BCUT2D eigenvalue weighted by Crippen LogP contribution is 2.15. The standard InChI is InChI=1S/C10H20N2O/c1-10(2,3)12-6-4-11(5-7-12)8-9-13/h9H,4-8H2,1-3H3. The minimum absolute atomic E-state index is 0.271. The summed E-state index contributed by atoms with van der Waals surface area (Å²) in [7, 11) is 0. The molecule has 0 aromatic heterocycles. The van der Waals surface area contributed by atoms with Crippen LogP contribution in [0.5, 0.6) is 0 Å². The molecule has 76 valence electrons. The van der Waals surface area contributed by atoms with Crippen LogP contribution in [0.1, 0.15) is 20.8 Å². The molecule has 1 fully saturated rings. The second-order valence-electron chi connectivity index (χ2n) is 4.63. The van der Waals surface area contributed by atoms with E-state index in [9.17, 15) is 4.79 Å². The van der Waals surface area contributed by atoms with Gasteiger partial charge in [0.2, 0.25) is 0 Å². The number of hydrogen-bond acceptors (Lipinski definition) is 3. The summed E-state index contributed by atoms with van der Waals surface area (Å²) in [4.78, 5) is 15.0. The van der Waals surface area contributed by atoms with E-state index in [1.165, 1.54) is 0 Å². The molecule has 1 rings (SSSR count). The first-order chi connectivity index (χ1) is 6.04. The van der Waals surface area contributed by atoms with Crippen LogP contribution in [0.4, 0.5) is 0 Å². The number of rotatable bonds is 2. The summed E-state index contributed by atoms with van der Waals surface area (Å²) in [6.07, 6.45) is 0.993. The molecule has 1 heterocycles. The lowest BCUT2D eigenvalue weighted by Crippen LogP contribution is -2.53. The van der Waals surface area contributed by atoms with Crippen LogP contribution in [0.15, 0.2) is 0 Å². The van der Waals surface area contributed by atoms with E-state index in [0.29, 0.717) is 6.54 Å². The normalized spacial score (nSPS) is 21.8. The first-order valence-electron chi connectivity index (χ1n) is 4.95. The molecular weight excluding hydrogens is 164 g/mol. The molecule has 13 heavy (non-hydrogen) atoms. The van der Waals surface area contributed by atoms with Crippen LogP contribution >= 0.6 is 0 Å². The first kappa shape index (κ1) is 10.7. The molecule has 3 heteroatoms. The quantitative estimate of drug-likeness (QED) is 0.587. The van der Waals surface area contributed by atoms with E-state index in [1.54, 1.807) is 0 Å². The van der Waals surface area contributed by atoms with Crippen molar-refractivity contribution in [1.29, 1.82) is 0 Å². The highest BCUT2D eigenvalue weighted by Gasteiger charge is 2.25. The monoisotopic (exact) mass is 184 g/mol. The number of nitrogens with zero attached hydrogens (tertiary/aromatic N) is 2. The second-order valence-corrected chi connectivity index (χ2v) is 4.63. The Bertz CT molecular complexity index is 166. The number of carbonyl (C=O) groups excluding carboxylic acids is 1. The second kappa shape index (κ2) is 4.20. The largest absolute Gasteiger partial charge is 0.302 e. The van der Waals surface area contributed by atoms with Gasteiger partial charge in [-0.25, -0.2) is 0 Å². The van der Waals surface area contributed by atoms with Crippen molar-refractivity contribution in [1.82, 2.24) is 9.80 Å². The summed E-state index contributed by atoms with van der Waals surface area (Å²) < 4.78 is 0. The predicted octanol–water partition coefficient (Wildman–Crippen LogP) is 0.601. The molecule has 0 atom stereocenters. The van der Waals surface area contributed by atoms with Crippen molar-refractivity contribution in [3.05, 3.63) is 0 Å². The number of aldehydes is 1. The lowest BCUT2D eigenvalue weighted by molar-refractivity contribution is -0.109. The van der Waals surface area contributed by atoms with Gasteiger partial charge in [0.25, 0.3) is 0 Å². The summed E-state index contributed by atoms with van der Waals surface area (Å²) in [6.45, 7) is 11.5. The fourth-order valence-electron chi connectivity index (χ4n) is 1.71. The molecule has 1 aliphatic rings. The van der Waals surface area contributed by atoms with E-state index in [2.05, 4.69) is 30.6 Å². The molecular formula is C10H20N2O. The van der Waals surface area contributed by atoms with Crippen molar-refractivity contribution in [2.24, 2.45) is 0 Å². The van der Waals surface area contributed by atoms with Gasteiger partial charge in [0, 0.05) is 31.7 Å². The van der Waals surface area contributed by atoms with E-state index in [1.807, 2.05) is 0 Å². The Kier molecular flexibility index (Phi) is 3.45. The van der Waals surface area contributed by atoms with Crippen LogP contribution in [-0.2, 0) is 4.79 Å². The van der Waals surface area contributed by atoms with Gasteiger partial charge in [0.1, 0.15) is 6.29 Å². The van der Waals surface area contributed by atoms with Gasteiger partial charge in [0.05, 0.1) is 6.54 Å². The van der Waals surface area contributed by atoms with E-state index >= 15 is 0 Å². The van der Waals surface area contributed by atoms with Crippen molar-refractivity contribution < 1.29 is 4.79 Å². The number of carbonyl (C=O) groups is 1. The highest BCUT2D eigenvalue weighted by molar-refractivity contribution is 5.51. The van der Waals surface area contributed by atoms with Crippen LogP contribution in [-0.4, -0.2) is 54.3 Å². The molecule has 0 unspecified atom stereocenters. The molecule has 1 aliphatic heterocycles. The average Bonchev–Trinajstić information content (AvgIpc) is 2.04. The van der Waals surface area contributed by atoms with Crippen LogP contribution < -0.4 is 0 Å². The average molecular weight is 184 g/mol. The lowest BCUT2D eigenvalue weighted by atomic mass is 10.1. The molecule has 3 nitrogen and oxygen atoms in total. The fourth-order valence-corrected chi connectivity index (χ4v) is 1.71. The summed E-state index contributed by atoms with van der Waals surface area (Å²) in [6, 6.07) is 0. The molecule has 0 aromatic carbocycles. The smallest absolute Gasteiger partial charge is 0.133 e. The third-order valence-corrected chi connectivity index (χ3v) is 2.65. The molecule has 0 bridgehead atoms. The molecule has 0 radical (unpaired) electrons. The predicted molar refractivity (Wildman–Crippen MR) is 53.8 cm³/mol. The zero-order chi connectivity index (χ0) is 9.90. The summed E-state index contributed by atoms with van der Waals surface area (Å²) in [5.74, 6) is 0. The van der Waals surface area contributed by atoms with Crippen molar-refractivity contribution in [2.45, 2.75) is 26.3 Å².